The fourth-order valence-electron chi connectivity index (χ4n) is 3.71. The molecule has 1 aliphatic carbocycles. The number of aliphatic carboxylic acids is 1. The second-order valence-electron chi connectivity index (χ2n) is 6.18. The van der Waals surface area contributed by atoms with Crippen LogP contribution in [0, 0.1) is 0 Å². The zero-order valence-corrected chi connectivity index (χ0v) is 13.9. The summed E-state index contributed by atoms with van der Waals surface area (Å²) in [7, 11) is 0. The van der Waals surface area contributed by atoms with Gasteiger partial charge in [0.2, 0.25) is 0 Å². The lowest BCUT2D eigenvalue weighted by molar-refractivity contribution is -0.149. The largest absolute Gasteiger partial charge is 0.481 e. The van der Waals surface area contributed by atoms with Crippen molar-refractivity contribution >= 4 is 11.9 Å². The van der Waals surface area contributed by atoms with E-state index < -0.39 is 17.3 Å². The topological polar surface area (TPSA) is 63.6 Å². The lowest BCUT2D eigenvalue weighted by atomic mass is 9.63. The van der Waals surface area contributed by atoms with Gasteiger partial charge in [0.15, 0.2) is 0 Å². The summed E-state index contributed by atoms with van der Waals surface area (Å²) in [4.78, 5) is 24.8. The minimum atomic E-state index is -0.993. The van der Waals surface area contributed by atoms with Crippen molar-refractivity contribution in [1.29, 1.82) is 0 Å². The van der Waals surface area contributed by atoms with E-state index in [2.05, 4.69) is 6.58 Å². The average molecular weight is 336 g/mol. The number of hydrogen-bond acceptors (Lipinski definition) is 3. The van der Waals surface area contributed by atoms with Crippen LogP contribution < -0.4 is 0 Å². The molecule has 2 atom stereocenters. The maximum absolute atomic E-state index is 13.1. The highest BCUT2D eigenvalue weighted by Gasteiger charge is 2.49. The summed E-state index contributed by atoms with van der Waals surface area (Å²) in [5.41, 5.74) is 1.22. The second kappa shape index (κ2) is 6.93. The van der Waals surface area contributed by atoms with Crippen LogP contribution in [0.25, 0.3) is 0 Å². The highest BCUT2D eigenvalue weighted by atomic mass is 16.5. The number of benzene rings is 2. The average Bonchev–Trinajstić information content (AvgIpc) is 2.65. The molecule has 2 aromatic rings. The Morgan fingerprint density at radius 3 is 2.52 bits per heavy atom. The first-order chi connectivity index (χ1) is 12.1. The minimum absolute atomic E-state index is 0.123. The van der Waals surface area contributed by atoms with Crippen LogP contribution >= 0.6 is 0 Å². The molecule has 0 amide bonds. The summed E-state index contributed by atoms with van der Waals surface area (Å²) < 4.78 is 5.44. The molecule has 1 N–H and O–H groups in total. The molecule has 0 saturated carbocycles. The predicted molar refractivity (Wildman–Crippen MR) is 94.4 cm³/mol. The van der Waals surface area contributed by atoms with Crippen molar-refractivity contribution in [3.05, 3.63) is 83.9 Å². The van der Waals surface area contributed by atoms with E-state index in [0.717, 1.165) is 5.56 Å². The maximum Gasteiger partial charge on any atom is 0.321 e. The van der Waals surface area contributed by atoms with Crippen molar-refractivity contribution in [3.63, 3.8) is 0 Å². The van der Waals surface area contributed by atoms with Crippen LogP contribution in [0.3, 0.4) is 0 Å². The summed E-state index contributed by atoms with van der Waals surface area (Å²) in [5, 5.41) is 9.58. The number of fused-ring (bicyclic) bond motifs is 1. The number of rotatable bonds is 5. The first kappa shape index (κ1) is 17.0. The lowest BCUT2D eigenvalue weighted by Gasteiger charge is -2.39. The van der Waals surface area contributed by atoms with Crippen molar-refractivity contribution in [2.45, 2.75) is 24.2 Å². The third kappa shape index (κ3) is 2.84. The fourth-order valence-corrected chi connectivity index (χ4v) is 3.71. The number of carboxylic acids is 1. The van der Waals surface area contributed by atoms with Gasteiger partial charge in [-0.2, -0.15) is 0 Å². The third-order valence-electron chi connectivity index (χ3n) is 4.85. The molecule has 25 heavy (non-hydrogen) atoms. The lowest BCUT2D eigenvalue weighted by Crippen LogP contribution is -2.43. The SMILES string of the molecule is C=CCOC(=O)C1(c2ccccc2)CCC(C(=O)O)c2ccccc21. The van der Waals surface area contributed by atoms with Gasteiger partial charge in [-0.25, -0.2) is 0 Å². The molecule has 0 fully saturated rings. The molecule has 3 rings (SSSR count). The van der Waals surface area contributed by atoms with E-state index in [9.17, 15) is 14.7 Å². The van der Waals surface area contributed by atoms with Gasteiger partial charge in [-0.05, 0) is 29.5 Å². The van der Waals surface area contributed by atoms with Gasteiger partial charge >= 0.3 is 11.9 Å². The van der Waals surface area contributed by atoms with E-state index in [4.69, 9.17) is 4.74 Å². The number of carbonyl (C=O) groups is 2. The van der Waals surface area contributed by atoms with Crippen LogP contribution in [0.1, 0.15) is 35.4 Å². The van der Waals surface area contributed by atoms with Crippen molar-refractivity contribution in [2.24, 2.45) is 0 Å². The second-order valence-corrected chi connectivity index (χ2v) is 6.18. The standard InChI is InChI=1S/C21H20O4/c1-2-14-25-20(24)21(15-8-4-3-5-9-15)13-12-17(19(22)23)16-10-6-7-11-18(16)21/h2-11,17H,1,12-14H2,(H,22,23). The molecule has 1 aliphatic rings. The van der Waals surface area contributed by atoms with Gasteiger partial charge in [0, 0.05) is 0 Å². The molecular formula is C21H20O4. The molecule has 0 aliphatic heterocycles. The molecule has 0 bridgehead atoms. The molecular weight excluding hydrogens is 316 g/mol. The Labute approximate surface area is 146 Å². The van der Waals surface area contributed by atoms with Gasteiger partial charge in [0.25, 0.3) is 0 Å². The van der Waals surface area contributed by atoms with E-state index >= 15 is 0 Å². The number of ether oxygens (including phenoxy) is 1. The number of hydrogen-bond donors (Lipinski definition) is 1. The summed E-state index contributed by atoms with van der Waals surface area (Å²) in [6.45, 7) is 3.72. The smallest absolute Gasteiger partial charge is 0.321 e. The van der Waals surface area contributed by atoms with Gasteiger partial charge in [0.05, 0.1) is 5.92 Å². The third-order valence-corrected chi connectivity index (χ3v) is 4.85. The number of carbonyl (C=O) groups excluding carboxylic acids is 1. The van der Waals surface area contributed by atoms with Crippen molar-refractivity contribution < 1.29 is 19.4 Å². The van der Waals surface area contributed by atoms with E-state index in [1.165, 1.54) is 6.08 Å². The summed E-state index contributed by atoms with van der Waals surface area (Å²) in [5.74, 6) is -1.84. The molecule has 2 unspecified atom stereocenters. The number of carboxylic acid groups (broad SMARTS) is 1. The van der Waals surface area contributed by atoms with E-state index in [0.29, 0.717) is 24.0 Å². The van der Waals surface area contributed by atoms with Crippen LogP contribution in [0.5, 0.6) is 0 Å². The van der Waals surface area contributed by atoms with Crippen molar-refractivity contribution in [1.82, 2.24) is 0 Å². The van der Waals surface area contributed by atoms with Crippen LogP contribution in [0.4, 0.5) is 0 Å². The molecule has 4 nitrogen and oxygen atoms in total. The van der Waals surface area contributed by atoms with Gasteiger partial charge in [0.1, 0.15) is 12.0 Å². The molecule has 4 heteroatoms. The van der Waals surface area contributed by atoms with Crippen LogP contribution in [0.2, 0.25) is 0 Å². The highest BCUT2D eigenvalue weighted by molar-refractivity contribution is 5.90. The first-order valence-corrected chi connectivity index (χ1v) is 8.27. The fraction of sp³-hybridized carbons (Fsp3) is 0.238. The van der Waals surface area contributed by atoms with Gasteiger partial charge in [-0.15, -0.1) is 0 Å². The Kier molecular flexibility index (Phi) is 4.70. The van der Waals surface area contributed by atoms with Crippen molar-refractivity contribution in [2.75, 3.05) is 6.61 Å². The zero-order chi connectivity index (χ0) is 17.9. The molecule has 0 radical (unpaired) electrons. The first-order valence-electron chi connectivity index (χ1n) is 8.27. The molecule has 128 valence electrons. The summed E-state index contributed by atoms with van der Waals surface area (Å²) in [6, 6.07) is 16.7. The van der Waals surface area contributed by atoms with Gasteiger partial charge < -0.3 is 9.84 Å². The van der Waals surface area contributed by atoms with Crippen LogP contribution in [0.15, 0.2) is 67.3 Å². The monoisotopic (exact) mass is 336 g/mol. The van der Waals surface area contributed by atoms with Gasteiger partial charge in [-0.3, -0.25) is 9.59 Å². The molecule has 0 heterocycles. The molecule has 0 aromatic heterocycles. The van der Waals surface area contributed by atoms with Gasteiger partial charge in [-0.1, -0.05) is 67.3 Å². The van der Waals surface area contributed by atoms with E-state index in [-0.39, 0.29) is 12.6 Å². The Morgan fingerprint density at radius 1 is 1.16 bits per heavy atom. The zero-order valence-electron chi connectivity index (χ0n) is 13.9. The maximum atomic E-state index is 13.1. The normalized spacial score (nSPS) is 21.8. The van der Waals surface area contributed by atoms with E-state index in [1.54, 1.807) is 6.07 Å². The highest BCUT2D eigenvalue weighted by Crippen LogP contribution is 2.47. The molecule has 2 aromatic carbocycles. The Balaban J connectivity index is 2.21. The van der Waals surface area contributed by atoms with E-state index in [1.807, 2.05) is 48.5 Å². The quantitative estimate of drug-likeness (QED) is 0.668. The van der Waals surface area contributed by atoms with Crippen LogP contribution in [-0.4, -0.2) is 23.7 Å². The Morgan fingerprint density at radius 2 is 1.84 bits per heavy atom. The minimum Gasteiger partial charge on any atom is -0.481 e. The molecule has 0 spiro atoms. The number of esters is 1. The summed E-state index contributed by atoms with van der Waals surface area (Å²) >= 11 is 0. The Hall–Kier alpha value is -2.88. The van der Waals surface area contributed by atoms with Crippen molar-refractivity contribution in [3.8, 4) is 0 Å². The van der Waals surface area contributed by atoms with Crippen LogP contribution in [-0.2, 0) is 19.7 Å². The summed E-state index contributed by atoms with van der Waals surface area (Å²) in [6.07, 6.45) is 2.30. The molecule has 0 saturated heterocycles. The predicted octanol–water partition coefficient (Wildman–Crippen LogP) is 3.66. The Bertz CT molecular complexity index is 797.